The Morgan fingerprint density at radius 3 is 2.92 bits per heavy atom. The molecule has 1 atom stereocenters. The molecule has 0 aliphatic carbocycles. The third-order valence-electron chi connectivity index (χ3n) is 2.29. The minimum Gasteiger partial charge on any atom is -0.336 e. The number of fused-ring (bicyclic) bond motifs is 1. The standard InChI is InChI=1S/C10H13N3/c1-7(11)8-3-5-12-10-9(8)4-6-13(10)2/h3-7H,11H2,1-2H3. The molecule has 3 nitrogen and oxygen atoms in total. The fourth-order valence-electron chi connectivity index (χ4n) is 1.58. The van der Waals surface area contributed by atoms with E-state index in [1.165, 1.54) is 0 Å². The van der Waals surface area contributed by atoms with Gasteiger partial charge in [-0.3, -0.25) is 0 Å². The molecule has 0 saturated heterocycles. The van der Waals surface area contributed by atoms with Gasteiger partial charge >= 0.3 is 0 Å². The summed E-state index contributed by atoms with van der Waals surface area (Å²) in [6.45, 7) is 1.99. The second kappa shape index (κ2) is 2.85. The van der Waals surface area contributed by atoms with E-state index in [2.05, 4.69) is 11.1 Å². The SMILES string of the molecule is CC(N)c1ccnc2c1ccn2C. The van der Waals surface area contributed by atoms with Crippen molar-refractivity contribution in [3.8, 4) is 0 Å². The Hall–Kier alpha value is -1.35. The first kappa shape index (κ1) is 8.26. The van der Waals surface area contributed by atoms with E-state index in [0.717, 1.165) is 16.6 Å². The number of hydrogen-bond donors (Lipinski definition) is 1. The summed E-state index contributed by atoms with van der Waals surface area (Å²) in [7, 11) is 1.99. The van der Waals surface area contributed by atoms with Gasteiger partial charge in [0.1, 0.15) is 5.65 Å². The van der Waals surface area contributed by atoms with E-state index in [4.69, 9.17) is 5.73 Å². The Morgan fingerprint density at radius 1 is 1.46 bits per heavy atom. The highest BCUT2D eigenvalue weighted by molar-refractivity contribution is 5.80. The zero-order chi connectivity index (χ0) is 9.42. The van der Waals surface area contributed by atoms with E-state index < -0.39 is 0 Å². The van der Waals surface area contributed by atoms with Crippen molar-refractivity contribution in [1.82, 2.24) is 9.55 Å². The molecule has 0 radical (unpaired) electrons. The van der Waals surface area contributed by atoms with Crippen molar-refractivity contribution < 1.29 is 0 Å². The lowest BCUT2D eigenvalue weighted by Crippen LogP contribution is -2.05. The monoisotopic (exact) mass is 175 g/mol. The molecule has 2 aromatic rings. The van der Waals surface area contributed by atoms with Crippen LogP contribution >= 0.6 is 0 Å². The van der Waals surface area contributed by atoms with Crippen molar-refractivity contribution >= 4 is 11.0 Å². The van der Waals surface area contributed by atoms with Crippen LogP contribution in [-0.2, 0) is 7.05 Å². The topological polar surface area (TPSA) is 43.8 Å². The van der Waals surface area contributed by atoms with E-state index in [1.807, 2.05) is 30.8 Å². The molecule has 0 fully saturated rings. The van der Waals surface area contributed by atoms with Gasteiger partial charge in [0.25, 0.3) is 0 Å². The smallest absolute Gasteiger partial charge is 0.139 e. The van der Waals surface area contributed by atoms with Gasteiger partial charge in [0, 0.05) is 30.9 Å². The molecule has 1 unspecified atom stereocenters. The average molecular weight is 175 g/mol. The number of aromatic nitrogens is 2. The molecule has 0 aliphatic rings. The van der Waals surface area contributed by atoms with Gasteiger partial charge in [0.2, 0.25) is 0 Å². The van der Waals surface area contributed by atoms with Crippen LogP contribution in [0.15, 0.2) is 24.5 Å². The Balaban J connectivity index is 2.77. The number of nitrogens with two attached hydrogens (primary N) is 1. The van der Waals surface area contributed by atoms with Crippen molar-refractivity contribution in [3.63, 3.8) is 0 Å². The van der Waals surface area contributed by atoms with E-state index in [9.17, 15) is 0 Å². The molecule has 2 rings (SSSR count). The number of aryl methyl sites for hydroxylation is 1. The van der Waals surface area contributed by atoms with Crippen LogP contribution < -0.4 is 5.73 Å². The average Bonchev–Trinajstić information content (AvgIpc) is 2.48. The van der Waals surface area contributed by atoms with Gasteiger partial charge in [-0.1, -0.05) is 0 Å². The second-order valence-corrected chi connectivity index (χ2v) is 3.35. The molecular weight excluding hydrogens is 162 g/mol. The molecule has 3 heteroatoms. The molecule has 0 saturated carbocycles. The second-order valence-electron chi connectivity index (χ2n) is 3.35. The maximum atomic E-state index is 5.85. The summed E-state index contributed by atoms with van der Waals surface area (Å²) in [5.74, 6) is 0. The summed E-state index contributed by atoms with van der Waals surface area (Å²) in [6.07, 6.45) is 3.81. The summed E-state index contributed by atoms with van der Waals surface area (Å²) in [4.78, 5) is 4.29. The van der Waals surface area contributed by atoms with Crippen molar-refractivity contribution in [2.24, 2.45) is 12.8 Å². The van der Waals surface area contributed by atoms with Crippen LogP contribution in [-0.4, -0.2) is 9.55 Å². The zero-order valence-electron chi connectivity index (χ0n) is 7.86. The van der Waals surface area contributed by atoms with E-state index in [-0.39, 0.29) is 6.04 Å². The Labute approximate surface area is 77.2 Å². The van der Waals surface area contributed by atoms with Gasteiger partial charge in [-0.2, -0.15) is 0 Å². The Bertz CT molecular complexity index is 429. The Kier molecular flexibility index (Phi) is 1.81. The van der Waals surface area contributed by atoms with Crippen LogP contribution in [0.4, 0.5) is 0 Å². The number of pyridine rings is 1. The first-order valence-corrected chi connectivity index (χ1v) is 4.35. The van der Waals surface area contributed by atoms with Crippen LogP contribution in [0.1, 0.15) is 18.5 Å². The van der Waals surface area contributed by atoms with Gasteiger partial charge < -0.3 is 10.3 Å². The minimum atomic E-state index is 0.0629. The van der Waals surface area contributed by atoms with Crippen molar-refractivity contribution in [3.05, 3.63) is 30.1 Å². The predicted molar refractivity (Wildman–Crippen MR) is 53.3 cm³/mol. The molecule has 2 N–H and O–H groups in total. The molecule has 0 amide bonds. The molecule has 0 spiro atoms. The maximum absolute atomic E-state index is 5.85. The van der Waals surface area contributed by atoms with Crippen LogP contribution in [0.3, 0.4) is 0 Å². The summed E-state index contributed by atoms with van der Waals surface area (Å²) in [5.41, 5.74) is 8.01. The molecule has 68 valence electrons. The largest absolute Gasteiger partial charge is 0.336 e. The van der Waals surface area contributed by atoms with Crippen LogP contribution in [0.2, 0.25) is 0 Å². The number of nitrogens with zero attached hydrogens (tertiary/aromatic N) is 2. The van der Waals surface area contributed by atoms with E-state index in [1.54, 1.807) is 6.20 Å². The quantitative estimate of drug-likeness (QED) is 0.715. The first-order valence-electron chi connectivity index (χ1n) is 4.35. The number of hydrogen-bond acceptors (Lipinski definition) is 2. The third-order valence-corrected chi connectivity index (χ3v) is 2.29. The van der Waals surface area contributed by atoms with Crippen molar-refractivity contribution in [2.45, 2.75) is 13.0 Å². The summed E-state index contributed by atoms with van der Waals surface area (Å²) >= 11 is 0. The molecule has 13 heavy (non-hydrogen) atoms. The molecular formula is C10H13N3. The fourth-order valence-corrected chi connectivity index (χ4v) is 1.58. The molecule has 0 aromatic carbocycles. The van der Waals surface area contributed by atoms with Gasteiger partial charge in [0.15, 0.2) is 0 Å². The Morgan fingerprint density at radius 2 is 2.23 bits per heavy atom. The highest BCUT2D eigenvalue weighted by Gasteiger charge is 2.07. The van der Waals surface area contributed by atoms with Crippen LogP contribution in [0.5, 0.6) is 0 Å². The number of rotatable bonds is 1. The van der Waals surface area contributed by atoms with Crippen molar-refractivity contribution in [1.29, 1.82) is 0 Å². The third kappa shape index (κ3) is 1.21. The first-order chi connectivity index (χ1) is 6.20. The molecule has 2 aromatic heterocycles. The summed E-state index contributed by atoms with van der Waals surface area (Å²) in [5, 5.41) is 1.15. The molecule has 0 bridgehead atoms. The van der Waals surface area contributed by atoms with Crippen LogP contribution in [0.25, 0.3) is 11.0 Å². The van der Waals surface area contributed by atoms with Crippen LogP contribution in [0, 0.1) is 0 Å². The lowest BCUT2D eigenvalue weighted by atomic mass is 10.1. The lowest BCUT2D eigenvalue weighted by molar-refractivity contribution is 0.824. The van der Waals surface area contributed by atoms with Gasteiger partial charge in [-0.05, 0) is 24.6 Å². The fraction of sp³-hybridized carbons (Fsp3) is 0.300. The normalized spacial score (nSPS) is 13.5. The maximum Gasteiger partial charge on any atom is 0.139 e. The minimum absolute atomic E-state index is 0.0629. The van der Waals surface area contributed by atoms with Crippen molar-refractivity contribution in [2.75, 3.05) is 0 Å². The highest BCUT2D eigenvalue weighted by Crippen LogP contribution is 2.21. The van der Waals surface area contributed by atoms with Gasteiger partial charge in [-0.15, -0.1) is 0 Å². The zero-order valence-corrected chi connectivity index (χ0v) is 7.86. The van der Waals surface area contributed by atoms with Gasteiger partial charge in [-0.25, -0.2) is 4.98 Å². The molecule has 2 heterocycles. The lowest BCUT2D eigenvalue weighted by Gasteiger charge is -2.06. The highest BCUT2D eigenvalue weighted by atomic mass is 15.0. The summed E-state index contributed by atoms with van der Waals surface area (Å²) in [6, 6.07) is 4.10. The predicted octanol–water partition coefficient (Wildman–Crippen LogP) is 1.59. The molecule has 0 aliphatic heterocycles. The van der Waals surface area contributed by atoms with Gasteiger partial charge in [0.05, 0.1) is 0 Å². The van der Waals surface area contributed by atoms with E-state index >= 15 is 0 Å². The van der Waals surface area contributed by atoms with E-state index in [0.29, 0.717) is 0 Å². The summed E-state index contributed by atoms with van der Waals surface area (Å²) < 4.78 is 2.00.